The molecule has 2 aliphatic rings. The van der Waals surface area contributed by atoms with E-state index >= 15 is 0 Å². The maximum absolute atomic E-state index is 13.1. The van der Waals surface area contributed by atoms with Gasteiger partial charge in [-0.2, -0.15) is 13.2 Å². The molecular weight excluding hydrogens is 469 g/mol. The van der Waals surface area contributed by atoms with Gasteiger partial charge in [-0.05, 0) is 81.2 Å². The number of piperidine rings is 1. The van der Waals surface area contributed by atoms with Crippen LogP contribution in [-0.2, 0) is 15.8 Å². The van der Waals surface area contributed by atoms with Crippen molar-refractivity contribution in [3.05, 3.63) is 59.2 Å². The van der Waals surface area contributed by atoms with Crippen molar-refractivity contribution < 1.29 is 22.8 Å². The molecule has 2 fully saturated rings. The SMILES string of the molecule is Cc1cc(C)cc(NC(=O)CN2CCC(C(=O)N3CCN(c4cccc(C(F)(F)F)c4)CC3)CC2)c1. The van der Waals surface area contributed by atoms with Crippen LogP contribution in [0.2, 0.25) is 0 Å². The van der Waals surface area contributed by atoms with E-state index in [9.17, 15) is 22.8 Å². The van der Waals surface area contributed by atoms with Crippen LogP contribution in [0.3, 0.4) is 0 Å². The molecule has 0 unspecified atom stereocenters. The second kappa shape index (κ2) is 10.9. The molecule has 0 saturated carbocycles. The summed E-state index contributed by atoms with van der Waals surface area (Å²) in [6.45, 7) is 7.65. The summed E-state index contributed by atoms with van der Waals surface area (Å²) >= 11 is 0. The molecule has 2 amide bonds. The van der Waals surface area contributed by atoms with Gasteiger partial charge in [-0.25, -0.2) is 0 Å². The minimum atomic E-state index is -4.37. The van der Waals surface area contributed by atoms with Gasteiger partial charge in [-0.1, -0.05) is 12.1 Å². The van der Waals surface area contributed by atoms with Crippen LogP contribution in [0.1, 0.15) is 29.5 Å². The molecule has 194 valence electrons. The number of nitrogens with one attached hydrogen (secondary N) is 1. The highest BCUT2D eigenvalue weighted by Gasteiger charge is 2.33. The first-order valence-corrected chi connectivity index (χ1v) is 12.4. The van der Waals surface area contributed by atoms with E-state index in [-0.39, 0.29) is 17.7 Å². The van der Waals surface area contributed by atoms with Gasteiger partial charge in [0.15, 0.2) is 0 Å². The van der Waals surface area contributed by atoms with E-state index in [0.717, 1.165) is 22.9 Å². The minimum Gasteiger partial charge on any atom is -0.368 e. The molecule has 6 nitrogen and oxygen atoms in total. The van der Waals surface area contributed by atoms with Gasteiger partial charge in [0.1, 0.15) is 0 Å². The highest BCUT2D eigenvalue weighted by atomic mass is 19.4. The molecule has 2 aromatic rings. The van der Waals surface area contributed by atoms with Crippen molar-refractivity contribution in [2.24, 2.45) is 5.92 Å². The van der Waals surface area contributed by atoms with Gasteiger partial charge in [0, 0.05) is 43.5 Å². The topological polar surface area (TPSA) is 55.9 Å². The Hall–Kier alpha value is -3.07. The lowest BCUT2D eigenvalue weighted by atomic mass is 9.95. The molecular formula is C27H33F3N4O2. The van der Waals surface area contributed by atoms with Gasteiger partial charge < -0.3 is 15.1 Å². The molecule has 0 radical (unpaired) electrons. The Kier molecular flexibility index (Phi) is 7.88. The monoisotopic (exact) mass is 502 g/mol. The summed E-state index contributed by atoms with van der Waals surface area (Å²) in [5.41, 5.74) is 2.87. The third-order valence-electron chi connectivity index (χ3n) is 6.94. The van der Waals surface area contributed by atoms with Gasteiger partial charge in [0.2, 0.25) is 11.8 Å². The van der Waals surface area contributed by atoms with E-state index in [4.69, 9.17) is 0 Å². The van der Waals surface area contributed by atoms with Gasteiger partial charge in [-0.3, -0.25) is 14.5 Å². The van der Waals surface area contributed by atoms with Crippen molar-refractivity contribution in [1.29, 1.82) is 0 Å². The van der Waals surface area contributed by atoms with Crippen LogP contribution >= 0.6 is 0 Å². The molecule has 0 bridgehead atoms. The average Bonchev–Trinajstić information content (AvgIpc) is 2.83. The number of hydrogen-bond acceptors (Lipinski definition) is 4. The number of aryl methyl sites for hydroxylation is 2. The molecule has 2 aliphatic heterocycles. The van der Waals surface area contributed by atoms with Gasteiger partial charge >= 0.3 is 6.18 Å². The lowest BCUT2D eigenvalue weighted by molar-refractivity contribution is -0.138. The molecule has 2 aromatic carbocycles. The molecule has 36 heavy (non-hydrogen) atoms. The largest absolute Gasteiger partial charge is 0.416 e. The first-order valence-electron chi connectivity index (χ1n) is 12.4. The van der Waals surface area contributed by atoms with Crippen molar-refractivity contribution in [2.75, 3.05) is 56.0 Å². The lowest BCUT2D eigenvalue weighted by Crippen LogP contribution is -2.52. The van der Waals surface area contributed by atoms with Gasteiger partial charge in [-0.15, -0.1) is 0 Å². The zero-order valence-electron chi connectivity index (χ0n) is 20.8. The third-order valence-corrected chi connectivity index (χ3v) is 6.94. The smallest absolute Gasteiger partial charge is 0.368 e. The van der Waals surface area contributed by atoms with E-state index in [1.807, 2.05) is 35.8 Å². The van der Waals surface area contributed by atoms with Crippen LogP contribution in [0.4, 0.5) is 24.5 Å². The number of carbonyl (C=O) groups excluding carboxylic acids is 2. The standard InChI is InChI=1S/C27H33F3N4O2/c1-19-14-20(2)16-23(15-19)31-25(35)18-32-8-6-21(7-9-32)26(36)34-12-10-33(11-13-34)24-5-3-4-22(17-24)27(28,29)30/h3-5,14-17,21H,6-13,18H2,1-2H3,(H,31,35). The Morgan fingerprint density at radius 2 is 1.56 bits per heavy atom. The molecule has 0 atom stereocenters. The van der Waals surface area contributed by atoms with Crippen LogP contribution in [0.5, 0.6) is 0 Å². The van der Waals surface area contributed by atoms with Crippen molar-refractivity contribution in [3.63, 3.8) is 0 Å². The fraction of sp³-hybridized carbons (Fsp3) is 0.481. The van der Waals surface area contributed by atoms with Crippen molar-refractivity contribution >= 4 is 23.2 Å². The van der Waals surface area contributed by atoms with E-state index in [1.165, 1.54) is 12.1 Å². The van der Waals surface area contributed by atoms with Crippen molar-refractivity contribution in [2.45, 2.75) is 32.9 Å². The van der Waals surface area contributed by atoms with Crippen LogP contribution in [0.25, 0.3) is 0 Å². The third kappa shape index (κ3) is 6.57. The number of hydrogen-bond donors (Lipinski definition) is 1. The Morgan fingerprint density at radius 1 is 0.917 bits per heavy atom. The minimum absolute atomic E-state index is 0.0597. The van der Waals surface area contributed by atoms with Crippen molar-refractivity contribution in [1.82, 2.24) is 9.80 Å². The number of carbonyl (C=O) groups is 2. The van der Waals surface area contributed by atoms with Crippen LogP contribution in [0, 0.1) is 19.8 Å². The van der Waals surface area contributed by atoms with E-state index in [0.29, 0.717) is 64.3 Å². The molecule has 2 heterocycles. The Balaban J connectivity index is 1.22. The maximum Gasteiger partial charge on any atom is 0.416 e. The lowest BCUT2D eigenvalue weighted by Gasteiger charge is -2.39. The highest BCUT2D eigenvalue weighted by molar-refractivity contribution is 5.92. The molecule has 2 saturated heterocycles. The molecule has 1 N–H and O–H groups in total. The number of rotatable bonds is 5. The second-order valence-corrected chi connectivity index (χ2v) is 9.84. The summed E-state index contributed by atoms with van der Waals surface area (Å²) in [7, 11) is 0. The zero-order chi connectivity index (χ0) is 25.9. The van der Waals surface area contributed by atoms with Crippen LogP contribution in [-0.4, -0.2) is 67.4 Å². The molecule has 4 rings (SSSR count). The summed E-state index contributed by atoms with van der Waals surface area (Å²) in [6, 6.07) is 11.3. The number of piperazine rings is 1. The van der Waals surface area contributed by atoms with E-state index < -0.39 is 11.7 Å². The fourth-order valence-electron chi connectivity index (χ4n) is 5.11. The van der Waals surface area contributed by atoms with E-state index in [1.54, 1.807) is 6.07 Å². The maximum atomic E-state index is 13.1. The summed E-state index contributed by atoms with van der Waals surface area (Å²) in [5.74, 6) is -0.0302. The fourth-order valence-corrected chi connectivity index (χ4v) is 5.11. The Bertz CT molecular complexity index is 1070. The van der Waals surface area contributed by atoms with Crippen LogP contribution in [0.15, 0.2) is 42.5 Å². The molecule has 0 aromatic heterocycles. The Labute approximate surface area is 210 Å². The zero-order valence-corrected chi connectivity index (χ0v) is 20.8. The average molecular weight is 503 g/mol. The summed E-state index contributed by atoms with van der Waals surface area (Å²) < 4.78 is 39.1. The second-order valence-electron chi connectivity index (χ2n) is 9.84. The van der Waals surface area contributed by atoms with Crippen molar-refractivity contribution in [3.8, 4) is 0 Å². The molecule has 0 aliphatic carbocycles. The number of anilines is 2. The quantitative estimate of drug-likeness (QED) is 0.662. The number of alkyl halides is 3. The number of amides is 2. The molecule has 9 heteroatoms. The summed E-state index contributed by atoms with van der Waals surface area (Å²) in [6.07, 6.45) is -2.98. The molecule has 0 spiro atoms. The van der Waals surface area contributed by atoms with Crippen LogP contribution < -0.4 is 10.2 Å². The van der Waals surface area contributed by atoms with E-state index in [2.05, 4.69) is 16.3 Å². The predicted octanol–water partition coefficient (Wildman–Crippen LogP) is 4.32. The summed E-state index contributed by atoms with van der Waals surface area (Å²) in [4.78, 5) is 31.4. The number of halogens is 3. The predicted molar refractivity (Wildman–Crippen MR) is 134 cm³/mol. The number of nitrogens with zero attached hydrogens (tertiary/aromatic N) is 3. The highest BCUT2D eigenvalue weighted by Crippen LogP contribution is 2.32. The van der Waals surface area contributed by atoms with Gasteiger partial charge in [0.05, 0.1) is 12.1 Å². The Morgan fingerprint density at radius 3 is 2.17 bits per heavy atom. The summed E-state index contributed by atoms with van der Waals surface area (Å²) in [5, 5.41) is 2.96. The van der Waals surface area contributed by atoms with Gasteiger partial charge in [0.25, 0.3) is 0 Å². The normalized spacial score (nSPS) is 17.8. The number of likely N-dealkylation sites (tertiary alicyclic amines) is 1. The first kappa shape index (κ1) is 26.0. The first-order chi connectivity index (χ1) is 17.1. The number of benzene rings is 2.